The van der Waals surface area contributed by atoms with E-state index in [1.807, 2.05) is 56.8 Å². The van der Waals surface area contributed by atoms with Gasteiger partial charge in [0.25, 0.3) is 0 Å². The molecule has 0 amide bonds. The van der Waals surface area contributed by atoms with E-state index >= 15 is 0 Å². The van der Waals surface area contributed by atoms with E-state index < -0.39 is 0 Å². The van der Waals surface area contributed by atoms with Gasteiger partial charge in [0.05, 0.1) is 43.3 Å². The average Bonchev–Trinajstić information content (AvgIpc) is 3.51. The van der Waals surface area contributed by atoms with Gasteiger partial charge < -0.3 is 18.9 Å². The Morgan fingerprint density at radius 2 is 1.71 bits per heavy atom. The first-order valence-corrected chi connectivity index (χ1v) is 11.3. The number of nitrogens with zero attached hydrogens (tertiary/aromatic N) is 7. The van der Waals surface area contributed by atoms with Gasteiger partial charge in [-0.1, -0.05) is 0 Å². The first kappa shape index (κ1) is 22.4. The third kappa shape index (κ3) is 4.65. The van der Waals surface area contributed by atoms with Gasteiger partial charge >= 0.3 is 0 Å². The summed E-state index contributed by atoms with van der Waals surface area (Å²) in [6.07, 6.45) is 9.32. The first-order valence-electron chi connectivity index (χ1n) is 11.3. The molecule has 0 aliphatic carbocycles. The van der Waals surface area contributed by atoms with Gasteiger partial charge in [0.2, 0.25) is 0 Å². The highest BCUT2D eigenvalue weighted by atomic mass is 16.5. The summed E-state index contributed by atoms with van der Waals surface area (Å²) in [6.45, 7) is 3.46. The molecule has 0 spiro atoms. The van der Waals surface area contributed by atoms with Crippen molar-refractivity contribution in [2.24, 2.45) is 7.05 Å². The molecule has 0 saturated carbocycles. The Morgan fingerprint density at radius 3 is 2.37 bits per heavy atom. The van der Waals surface area contributed by atoms with E-state index in [4.69, 9.17) is 14.5 Å². The second-order valence-corrected chi connectivity index (χ2v) is 8.22. The summed E-state index contributed by atoms with van der Waals surface area (Å²) >= 11 is 0. The molecule has 0 aliphatic rings. The lowest BCUT2D eigenvalue weighted by Crippen LogP contribution is -2.23. The van der Waals surface area contributed by atoms with Crippen LogP contribution >= 0.6 is 0 Å². The number of aryl methyl sites for hydroxylation is 2. The molecule has 0 atom stereocenters. The fourth-order valence-electron chi connectivity index (χ4n) is 4.06. The summed E-state index contributed by atoms with van der Waals surface area (Å²) in [6, 6.07) is 12.0. The fraction of sp³-hybridized carbons (Fsp3) is 0.231. The summed E-state index contributed by atoms with van der Waals surface area (Å²) in [5.74, 6) is 2.42. The highest BCUT2D eigenvalue weighted by Crippen LogP contribution is 2.34. The Labute approximate surface area is 203 Å². The summed E-state index contributed by atoms with van der Waals surface area (Å²) in [4.78, 5) is 16.1. The van der Waals surface area contributed by atoms with E-state index in [9.17, 15) is 0 Å². The van der Waals surface area contributed by atoms with Gasteiger partial charge in [-0.05, 0) is 25.1 Å². The molecule has 0 bridgehead atoms. The molecule has 0 N–H and O–H groups in total. The highest BCUT2D eigenvalue weighted by molar-refractivity contribution is 5.82. The number of hydrogen-bond donors (Lipinski definition) is 0. The van der Waals surface area contributed by atoms with Crippen LogP contribution in [0.5, 0.6) is 11.5 Å². The van der Waals surface area contributed by atoms with Crippen LogP contribution in [-0.4, -0.2) is 50.1 Å². The molecular formula is C26H27N7O2. The molecule has 9 nitrogen and oxygen atoms in total. The maximum absolute atomic E-state index is 5.54. The lowest BCUT2D eigenvalue weighted by molar-refractivity contribution is 0.394. The minimum absolute atomic E-state index is 0.703. The number of rotatable bonds is 8. The summed E-state index contributed by atoms with van der Waals surface area (Å²) < 4.78 is 15.0. The van der Waals surface area contributed by atoms with E-state index in [0.717, 1.165) is 57.5 Å². The molecule has 0 fully saturated rings. The standard InChI is InChI=1S/C26H27N7O2/c1-18-27-7-8-32(18)9-10-33(21-11-22(34-3)14-23(12-21)35-4)20-5-6-24-25(13-20)30-26(16-28-24)19-15-29-31(2)17-19/h5-8,11-17H,9-10H2,1-4H3. The SMILES string of the molecule is COc1cc(OC)cc(N(CCn2ccnc2C)c2ccc3ncc(-c4cnn(C)c4)nc3c2)c1. The first-order chi connectivity index (χ1) is 17.0. The normalized spacial score (nSPS) is 11.1. The maximum Gasteiger partial charge on any atom is 0.124 e. The van der Waals surface area contributed by atoms with Gasteiger partial charge in [-0.15, -0.1) is 0 Å². The van der Waals surface area contributed by atoms with Crippen LogP contribution < -0.4 is 14.4 Å². The second-order valence-electron chi connectivity index (χ2n) is 8.22. The Bertz CT molecular complexity index is 1450. The predicted octanol–water partition coefficient (Wildman–Crippen LogP) is 4.39. The van der Waals surface area contributed by atoms with Crippen LogP contribution in [-0.2, 0) is 13.6 Å². The third-order valence-electron chi connectivity index (χ3n) is 5.97. The smallest absolute Gasteiger partial charge is 0.124 e. The number of methoxy groups -OCH3 is 2. The van der Waals surface area contributed by atoms with Crippen LogP contribution in [0.2, 0.25) is 0 Å². The number of benzene rings is 2. The number of hydrogen-bond acceptors (Lipinski definition) is 7. The van der Waals surface area contributed by atoms with Crippen LogP contribution in [0.4, 0.5) is 11.4 Å². The van der Waals surface area contributed by atoms with Crippen LogP contribution in [0.25, 0.3) is 22.3 Å². The van der Waals surface area contributed by atoms with Crippen molar-refractivity contribution >= 4 is 22.4 Å². The monoisotopic (exact) mass is 469 g/mol. The zero-order valence-corrected chi connectivity index (χ0v) is 20.2. The molecule has 178 valence electrons. The van der Waals surface area contributed by atoms with Crippen molar-refractivity contribution in [2.45, 2.75) is 13.5 Å². The minimum atomic E-state index is 0.703. The van der Waals surface area contributed by atoms with Crippen molar-refractivity contribution in [2.75, 3.05) is 25.7 Å². The van der Waals surface area contributed by atoms with Crippen molar-refractivity contribution in [1.82, 2.24) is 29.3 Å². The molecule has 3 heterocycles. The van der Waals surface area contributed by atoms with Crippen LogP contribution in [0.3, 0.4) is 0 Å². The molecule has 9 heteroatoms. The predicted molar refractivity (Wildman–Crippen MR) is 135 cm³/mol. The second kappa shape index (κ2) is 9.46. The molecule has 0 aliphatic heterocycles. The molecular weight excluding hydrogens is 442 g/mol. The van der Waals surface area contributed by atoms with Gasteiger partial charge in [0.15, 0.2) is 0 Å². The number of imidazole rings is 1. The highest BCUT2D eigenvalue weighted by Gasteiger charge is 2.15. The molecule has 0 saturated heterocycles. The van der Waals surface area contributed by atoms with Crippen LogP contribution in [0.1, 0.15) is 5.82 Å². The molecule has 35 heavy (non-hydrogen) atoms. The minimum Gasteiger partial charge on any atom is -0.497 e. The van der Waals surface area contributed by atoms with E-state index in [2.05, 4.69) is 36.7 Å². The third-order valence-corrected chi connectivity index (χ3v) is 5.97. The molecule has 3 aromatic heterocycles. The summed E-state index contributed by atoms with van der Waals surface area (Å²) in [5, 5.41) is 4.26. The van der Waals surface area contributed by atoms with E-state index in [1.165, 1.54) is 0 Å². The van der Waals surface area contributed by atoms with Gasteiger partial charge in [-0.3, -0.25) is 9.67 Å². The van der Waals surface area contributed by atoms with Crippen molar-refractivity contribution in [1.29, 1.82) is 0 Å². The average molecular weight is 470 g/mol. The number of fused-ring (bicyclic) bond motifs is 1. The number of ether oxygens (including phenoxy) is 2. The van der Waals surface area contributed by atoms with E-state index in [-0.39, 0.29) is 0 Å². The lowest BCUT2D eigenvalue weighted by Gasteiger charge is -2.26. The van der Waals surface area contributed by atoms with Crippen molar-refractivity contribution < 1.29 is 9.47 Å². The Hall–Kier alpha value is -4.40. The molecule has 2 aromatic carbocycles. The molecule has 0 radical (unpaired) electrons. The number of anilines is 2. The van der Waals surface area contributed by atoms with Gasteiger partial charge in [-0.25, -0.2) is 9.97 Å². The van der Waals surface area contributed by atoms with Crippen LogP contribution in [0.15, 0.2) is 67.4 Å². The van der Waals surface area contributed by atoms with Gasteiger partial charge in [-0.2, -0.15) is 5.10 Å². The van der Waals surface area contributed by atoms with E-state index in [1.54, 1.807) is 31.3 Å². The topological polar surface area (TPSA) is 83.1 Å². The Morgan fingerprint density at radius 1 is 0.914 bits per heavy atom. The van der Waals surface area contributed by atoms with E-state index in [0.29, 0.717) is 6.54 Å². The molecule has 5 aromatic rings. The zero-order valence-electron chi connectivity index (χ0n) is 20.2. The quantitative estimate of drug-likeness (QED) is 0.333. The van der Waals surface area contributed by atoms with Gasteiger partial charge in [0, 0.05) is 73.9 Å². The summed E-state index contributed by atoms with van der Waals surface area (Å²) in [5.41, 5.74) is 5.29. The Kier molecular flexibility index (Phi) is 6.05. The van der Waals surface area contributed by atoms with Crippen molar-refractivity contribution in [3.63, 3.8) is 0 Å². The number of aromatic nitrogens is 6. The van der Waals surface area contributed by atoms with Crippen molar-refractivity contribution in [3.05, 3.63) is 73.2 Å². The maximum atomic E-state index is 5.54. The van der Waals surface area contributed by atoms with Crippen molar-refractivity contribution in [3.8, 4) is 22.8 Å². The zero-order chi connectivity index (χ0) is 24.4. The molecule has 0 unspecified atom stereocenters. The fourth-order valence-corrected chi connectivity index (χ4v) is 4.06. The molecule has 5 rings (SSSR count). The Balaban J connectivity index is 1.57. The van der Waals surface area contributed by atoms with Gasteiger partial charge in [0.1, 0.15) is 17.3 Å². The summed E-state index contributed by atoms with van der Waals surface area (Å²) in [7, 11) is 5.20. The largest absolute Gasteiger partial charge is 0.497 e. The van der Waals surface area contributed by atoms with Crippen LogP contribution in [0, 0.1) is 6.92 Å². The lowest BCUT2D eigenvalue weighted by atomic mass is 10.2.